The molecule has 1 aliphatic heterocycles. The molecule has 4 heteroatoms. The highest BCUT2D eigenvalue weighted by Gasteiger charge is 2.13. The van der Waals surface area contributed by atoms with Crippen LogP contribution in [0.3, 0.4) is 0 Å². The molecule has 0 radical (unpaired) electrons. The summed E-state index contributed by atoms with van der Waals surface area (Å²) in [6.45, 7) is 1.08. The maximum Gasteiger partial charge on any atom is 0.228 e. The summed E-state index contributed by atoms with van der Waals surface area (Å²) < 4.78 is 11.0. The summed E-state index contributed by atoms with van der Waals surface area (Å²) in [5.41, 5.74) is 3.99. The van der Waals surface area contributed by atoms with E-state index >= 15 is 0 Å². The fourth-order valence-corrected chi connectivity index (χ4v) is 2.96. The number of carbonyl (C=O) groups excluding carboxylic acids is 1. The highest BCUT2D eigenvalue weighted by molar-refractivity contribution is 5.92. The second-order valence-electron chi connectivity index (χ2n) is 6.15. The molecule has 1 heterocycles. The second-order valence-corrected chi connectivity index (χ2v) is 6.15. The van der Waals surface area contributed by atoms with Crippen molar-refractivity contribution in [2.45, 2.75) is 6.42 Å². The van der Waals surface area contributed by atoms with Crippen LogP contribution in [-0.4, -0.2) is 19.1 Å². The Hall–Kier alpha value is -3.27. The number of nitrogens with one attached hydrogen (secondary N) is 1. The maximum atomic E-state index is 12.3. The third-order valence-corrected chi connectivity index (χ3v) is 4.25. The third kappa shape index (κ3) is 3.70. The Balaban J connectivity index is 1.40. The van der Waals surface area contributed by atoms with Crippen LogP contribution < -0.4 is 14.8 Å². The van der Waals surface area contributed by atoms with Gasteiger partial charge in [0, 0.05) is 11.8 Å². The second kappa shape index (κ2) is 7.31. The minimum absolute atomic E-state index is 0.0610. The van der Waals surface area contributed by atoms with Crippen molar-refractivity contribution in [3.8, 4) is 22.6 Å². The normalized spacial score (nSPS) is 12.5. The van der Waals surface area contributed by atoms with Crippen LogP contribution in [-0.2, 0) is 11.2 Å². The van der Waals surface area contributed by atoms with Crippen molar-refractivity contribution in [3.05, 3.63) is 78.4 Å². The van der Waals surface area contributed by atoms with Crippen molar-refractivity contribution in [1.29, 1.82) is 0 Å². The van der Waals surface area contributed by atoms with Crippen molar-refractivity contribution >= 4 is 11.6 Å². The number of hydrogen-bond donors (Lipinski definition) is 1. The average Bonchev–Trinajstić information content (AvgIpc) is 2.69. The standard InChI is InChI=1S/C22H19NO3/c24-22(23-19-10-11-20-21(15-19)26-13-12-25-20)14-16-6-8-18(9-7-16)17-4-2-1-3-5-17/h1-11,15H,12-14H2,(H,23,24). The van der Waals surface area contributed by atoms with Crippen molar-refractivity contribution in [2.75, 3.05) is 18.5 Å². The molecular weight excluding hydrogens is 326 g/mol. The molecule has 0 aromatic heterocycles. The van der Waals surface area contributed by atoms with Crippen LogP contribution in [0.4, 0.5) is 5.69 Å². The van der Waals surface area contributed by atoms with Crippen LogP contribution in [0.5, 0.6) is 11.5 Å². The minimum atomic E-state index is -0.0610. The van der Waals surface area contributed by atoms with E-state index in [9.17, 15) is 4.79 Å². The Morgan fingerprint density at radius 3 is 2.27 bits per heavy atom. The van der Waals surface area contributed by atoms with Crippen molar-refractivity contribution < 1.29 is 14.3 Å². The quantitative estimate of drug-likeness (QED) is 0.767. The van der Waals surface area contributed by atoms with Gasteiger partial charge < -0.3 is 14.8 Å². The summed E-state index contributed by atoms with van der Waals surface area (Å²) >= 11 is 0. The van der Waals surface area contributed by atoms with Gasteiger partial charge in [0.2, 0.25) is 5.91 Å². The van der Waals surface area contributed by atoms with Gasteiger partial charge in [0.1, 0.15) is 13.2 Å². The van der Waals surface area contributed by atoms with Gasteiger partial charge in [-0.1, -0.05) is 54.6 Å². The molecule has 0 bridgehead atoms. The summed E-state index contributed by atoms with van der Waals surface area (Å²) in [5, 5.41) is 2.91. The molecule has 0 atom stereocenters. The Morgan fingerprint density at radius 1 is 0.808 bits per heavy atom. The van der Waals surface area contributed by atoms with Crippen molar-refractivity contribution in [2.24, 2.45) is 0 Å². The van der Waals surface area contributed by atoms with E-state index in [0.717, 1.165) is 11.1 Å². The lowest BCUT2D eigenvalue weighted by Gasteiger charge is -2.19. The topological polar surface area (TPSA) is 47.6 Å². The highest BCUT2D eigenvalue weighted by atomic mass is 16.6. The fraction of sp³-hybridized carbons (Fsp3) is 0.136. The molecular formula is C22H19NO3. The predicted octanol–water partition coefficient (Wildman–Crippen LogP) is 4.31. The lowest BCUT2D eigenvalue weighted by Crippen LogP contribution is -2.17. The fourth-order valence-electron chi connectivity index (χ4n) is 2.96. The molecule has 4 rings (SSSR count). The van der Waals surface area contributed by atoms with Gasteiger partial charge in [0.05, 0.1) is 6.42 Å². The molecule has 1 N–H and O–H groups in total. The van der Waals surface area contributed by atoms with Crippen LogP contribution in [0, 0.1) is 0 Å². The van der Waals surface area contributed by atoms with E-state index in [2.05, 4.69) is 17.4 Å². The number of benzene rings is 3. The number of fused-ring (bicyclic) bond motifs is 1. The van der Waals surface area contributed by atoms with Crippen molar-refractivity contribution in [3.63, 3.8) is 0 Å². The van der Waals surface area contributed by atoms with Crippen LogP contribution in [0.1, 0.15) is 5.56 Å². The van der Waals surface area contributed by atoms with E-state index in [-0.39, 0.29) is 5.91 Å². The zero-order chi connectivity index (χ0) is 17.8. The van der Waals surface area contributed by atoms with Crippen LogP contribution in [0.15, 0.2) is 72.8 Å². The number of hydrogen-bond acceptors (Lipinski definition) is 3. The Kier molecular flexibility index (Phi) is 4.56. The van der Waals surface area contributed by atoms with E-state index in [1.165, 1.54) is 5.56 Å². The highest BCUT2D eigenvalue weighted by Crippen LogP contribution is 2.32. The number of rotatable bonds is 4. The zero-order valence-corrected chi connectivity index (χ0v) is 14.3. The summed E-state index contributed by atoms with van der Waals surface area (Å²) in [4.78, 5) is 12.3. The van der Waals surface area contributed by atoms with Gasteiger partial charge >= 0.3 is 0 Å². The van der Waals surface area contributed by atoms with Gasteiger partial charge in [-0.25, -0.2) is 0 Å². The smallest absolute Gasteiger partial charge is 0.228 e. The molecule has 1 aliphatic rings. The van der Waals surface area contributed by atoms with E-state index in [1.54, 1.807) is 6.07 Å². The number of ether oxygens (including phenoxy) is 2. The predicted molar refractivity (Wildman–Crippen MR) is 102 cm³/mol. The molecule has 0 saturated heterocycles. The van der Waals surface area contributed by atoms with Crippen molar-refractivity contribution in [1.82, 2.24) is 0 Å². The van der Waals surface area contributed by atoms with Crippen LogP contribution in [0.2, 0.25) is 0 Å². The summed E-state index contributed by atoms with van der Waals surface area (Å²) in [6.07, 6.45) is 0.323. The molecule has 3 aromatic carbocycles. The molecule has 3 aromatic rings. The Bertz CT molecular complexity index is 904. The first-order valence-electron chi connectivity index (χ1n) is 8.62. The first kappa shape index (κ1) is 16.2. The molecule has 26 heavy (non-hydrogen) atoms. The molecule has 0 saturated carbocycles. The largest absolute Gasteiger partial charge is 0.486 e. The van der Waals surface area contributed by atoms with E-state index < -0.39 is 0 Å². The Labute approximate surface area is 152 Å². The first-order chi connectivity index (χ1) is 12.8. The first-order valence-corrected chi connectivity index (χ1v) is 8.62. The van der Waals surface area contributed by atoms with Gasteiger partial charge in [0.15, 0.2) is 11.5 Å². The van der Waals surface area contributed by atoms with Gasteiger partial charge in [0.25, 0.3) is 0 Å². The van der Waals surface area contributed by atoms with E-state index in [4.69, 9.17) is 9.47 Å². The van der Waals surface area contributed by atoms with Crippen LogP contribution >= 0.6 is 0 Å². The summed E-state index contributed by atoms with van der Waals surface area (Å²) in [5.74, 6) is 1.32. The lowest BCUT2D eigenvalue weighted by molar-refractivity contribution is -0.115. The SMILES string of the molecule is O=C(Cc1ccc(-c2ccccc2)cc1)Nc1ccc2c(c1)OCCO2. The number of carbonyl (C=O) groups is 1. The molecule has 1 amide bonds. The molecule has 0 spiro atoms. The molecule has 0 fully saturated rings. The van der Waals surface area contributed by atoms with Gasteiger partial charge in [-0.3, -0.25) is 4.79 Å². The molecule has 0 unspecified atom stereocenters. The van der Waals surface area contributed by atoms with E-state index in [1.807, 2.05) is 54.6 Å². The average molecular weight is 345 g/mol. The molecule has 0 aliphatic carbocycles. The minimum Gasteiger partial charge on any atom is -0.486 e. The summed E-state index contributed by atoms with van der Waals surface area (Å²) in [6, 6.07) is 23.7. The van der Waals surface area contributed by atoms with Gasteiger partial charge in [-0.05, 0) is 28.8 Å². The number of anilines is 1. The zero-order valence-electron chi connectivity index (χ0n) is 14.3. The van der Waals surface area contributed by atoms with Gasteiger partial charge in [-0.2, -0.15) is 0 Å². The van der Waals surface area contributed by atoms with Crippen LogP contribution in [0.25, 0.3) is 11.1 Å². The molecule has 4 nitrogen and oxygen atoms in total. The third-order valence-electron chi connectivity index (χ3n) is 4.25. The lowest BCUT2D eigenvalue weighted by atomic mass is 10.0. The van der Waals surface area contributed by atoms with E-state index in [0.29, 0.717) is 36.8 Å². The summed E-state index contributed by atoms with van der Waals surface area (Å²) in [7, 11) is 0. The maximum absolute atomic E-state index is 12.3. The van der Waals surface area contributed by atoms with Gasteiger partial charge in [-0.15, -0.1) is 0 Å². The molecule has 130 valence electrons. The number of amides is 1. The monoisotopic (exact) mass is 345 g/mol. The Morgan fingerprint density at radius 2 is 1.50 bits per heavy atom.